The van der Waals surface area contributed by atoms with Gasteiger partial charge in [0.2, 0.25) is 0 Å². The SMILES string of the molecule is Cc1cc(F)cc(C)c1Oc1ccc(C(C)(C)O)cc1-c1cn(C)c(=O)c2sc(C(=O)N3CCC(C)(F)C3)cc12. The fraction of sp³-hybridized carbons (Fsp3) is 0.355. The molecule has 0 aliphatic carbocycles. The molecule has 1 unspecified atom stereocenters. The highest BCUT2D eigenvalue weighted by atomic mass is 32.1. The van der Waals surface area contributed by atoms with Crippen LogP contribution in [0.1, 0.15) is 53.6 Å². The molecule has 1 aliphatic heterocycles. The maximum absolute atomic E-state index is 14.5. The van der Waals surface area contributed by atoms with Gasteiger partial charge in [-0.25, -0.2) is 8.78 Å². The highest BCUT2D eigenvalue weighted by Gasteiger charge is 2.37. The van der Waals surface area contributed by atoms with Crippen molar-refractivity contribution in [1.82, 2.24) is 9.47 Å². The van der Waals surface area contributed by atoms with Crippen LogP contribution >= 0.6 is 11.3 Å². The maximum atomic E-state index is 14.5. The first kappa shape index (κ1) is 28.0. The molecule has 3 heterocycles. The van der Waals surface area contributed by atoms with E-state index in [0.717, 1.165) is 11.3 Å². The van der Waals surface area contributed by atoms with Gasteiger partial charge in [-0.2, -0.15) is 0 Å². The standard InChI is InChI=1S/C31H32F2N2O4S/c1-17-11-20(32)12-18(2)26(17)39-24-8-7-19(30(3,4)38)13-21(24)23-15-34(6)29(37)27-22(23)14-25(40-27)28(36)35-10-9-31(5,33)16-35/h7-8,11-15,38H,9-10,16H2,1-6H3. The van der Waals surface area contributed by atoms with Crippen LogP contribution < -0.4 is 10.3 Å². The molecule has 1 N–H and O–H groups in total. The van der Waals surface area contributed by atoms with E-state index in [-0.39, 0.29) is 30.2 Å². The first-order valence-electron chi connectivity index (χ1n) is 13.1. The molecular formula is C31H32F2N2O4S. The monoisotopic (exact) mass is 566 g/mol. The van der Waals surface area contributed by atoms with Gasteiger partial charge in [-0.3, -0.25) is 9.59 Å². The fourth-order valence-electron chi connectivity index (χ4n) is 5.18. The van der Waals surface area contributed by atoms with E-state index in [1.807, 2.05) is 0 Å². The molecule has 6 nitrogen and oxygen atoms in total. The van der Waals surface area contributed by atoms with E-state index in [1.165, 1.54) is 28.5 Å². The third-order valence-electron chi connectivity index (χ3n) is 7.39. The van der Waals surface area contributed by atoms with Gasteiger partial charge in [0.15, 0.2) is 0 Å². The van der Waals surface area contributed by atoms with Crippen molar-refractivity contribution in [3.8, 4) is 22.6 Å². The van der Waals surface area contributed by atoms with Gasteiger partial charge in [0.05, 0.1) is 17.0 Å². The number of aryl methyl sites for hydroxylation is 3. The lowest BCUT2D eigenvalue weighted by Crippen LogP contribution is -2.31. The second-order valence-electron chi connectivity index (χ2n) is 11.4. The normalized spacial score (nSPS) is 17.6. The van der Waals surface area contributed by atoms with Crippen LogP contribution in [0.4, 0.5) is 8.78 Å². The molecule has 5 rings (SSSR count). The summed E-state index contributed by atoms with van der Waals surface area (Å²) in [6.45, 7) is 8.68. The summed E-state index contributed by atoms with van der Waals surface area (Å²) in [6, 6.07) is 9.78. The summed E-state index contributed by atoms with van der Waals surface area (Å²) < 4.78 is 36.7. The summed E-state index contributed by atoms with van der Waals surface area (Å²) in [5, 5.41) is 11.4. The van der Waals surface area contributed by atoms with Crippen LogP contribution in [0.3, 0.4) is 0 Å². The van der Waals surface area contributed by atoms with Gasteiger partial charge in [0.25, 0.3) is 11.5 Å². The van der Waals surface area contributed by atoms with Crippen molar-refractivity contribution in [2.24, 2.45) is 7.05 Å². The number of aromatic nitrogens is 1. The summed E-state index contributed by atoms with van der Waals surface area (Å²) in [7, 11) is 1.64. The van der Waals surface area contributed by atoms with Crippen LogP contribution in [-0.4, -0.2) is 39.2 Å². The molecule has 1 fully saturated rings. The van der Waals surface area contributed by atoms with Gasteiger partial charge < -0.3 is 19.3 Å². The molecule has 0 saturated carbocycles. The number of benzene rings is 2. The summed E-state index contributed by atoms with van der Waals surface area (Å²) in [4.78, 5) is 28.3. The lowest BCUT2D eigenvalue weighted by Gasteiger charge is -2.22. The number of aliphatic hydroxyl groups is 1. The van der Waals surface area contributed by atoms with Crippen LogP contribution in [-0.2, 0) is 12.6 Å². The van der Waals surface area contributed by atoms with Crippen molar-refractivity contribution in [1.29, 1.82) is 0 Å². The largest absolute Gasteiger partial charge is 0.456 e. The molecule has 210 valence electrons. The number of carbonyl (C=O) groups is 1. The predicted octanol–water partition coefficient (Wildman–Crippen LogP) is 6.62. The molecule has 0 spiro atoms. The highest BCUT2D eigenvalue weighted by Crippen LogP contribution is 2.42. The Morgan fingerprint density at radius 3 is 2.40 bits per heavy atom. The Bertz CT molecular complexity index is 1690. The van der Waals surface area contributed by atoms with E-state index in [2.05, 4.69) is 0 Å². The number of thiophene rings is 1. The predicted molar refractivity (Wildman–Crippen MR) is 154 cm³/mol. The number of hydrogen-bond donors (Lipinski definition) is 1. The molecule has 9 heteroatoms. The second-order valence-corrected chi connectivity index (χ2v) is 12.5. The van der Waals surface area contributed by atoms with E-state index in [0.29, 0.717) is 60.8 Å². The lowest BCUT2D eigenvalue weighted by molar-refractivity contribution is 0.0764. The molecular weight excluding hydrogens is 534 g/mol. The minimum atomic E-state index is -1.44. The van der Waals surface area contributed by atoms with E-state index in [9.17, 15) is 23.5 Å². The molecule has 0 radical (unpaired) electrons. The number of ether oxygens (including phenoxy) is 1. The third-order valence-corrected chi connectivity index (χ3v) is 8.51. The van der Waals surface area contributed by atoms with Gasteiger partial charge in [0.1, 0.15) is 27.7 Å². The van der Waals surface area contributed by atoms with Crippen LogP contribution in [0.2, 0.25) is 0 Å². The minimum absolute atomic E-state index is 0.00688. The Balaban J connectivity index is 1.70. The van der Waals surface area contributed by atoms with E-state index in [1.54, 1.807) is 65.2 Å². The maximum Gasteiger partial charge on any atom is 0.268 e. The first-order valence-corrected chi connectivity index (χ1v) is 13.9. The van der Waals surface area contributed by atoms with Crippen LogP contribution in [0.25, 0.3) is 21.2 Å². The zero-order valence-corrected chi connectivity index (χ0v) is 24.2. The van der Waals surface area contributed by atoms with Gasteiger partial charge in [-0.05, 0) is 81.6 Å². The van der Waals surface area contributed by atoms with Crippen LogP contribution in [0, 0.1) is 19.7 Å². The summed E-state index contributed by atoms with van der Waals surface area (Å²) in [5.74, 6) is 0.276. The molecule has 2 aromatic carbocycles. The number of hydrogen-bond acceptors (Lipinski definition) is 5. The summed E-state index contributed by atoms with van der Waals surface area (Å²) in [5.41, 5.74) is 0.221. The number of likely N-dealkylation sites (tertiary alicyclic amines) is 1. The Morgan fingerprint density at radius 1 is 1.12 bits per heavy atom. The average molecular weight is 567 g/mol. The summed E-state index contributed by atoms with van der Waals surface area (Å²) in [6.07, 6.45) is 1.95. The van der Waals surface area contributed by atoms with E-state index >= 15 is 0 Å². The van der Waals surface area contributed by atoms with Gasteiger partial charge >= 0.3 is 0 Å². The number of alkyl halides is 1. The highest BCUT2D eigenvalue weighted by molar-refractivity contribution is 7.20. The quantitative estimate of drug-likeness (QED) is 0.295. The topological polar surface area (TPSA) is 71.8 Å². The van der Waals surface area contributed by atoms with Crippen molar-refractivity contribution in [2.75, 3.05) is 13.1 Å². The van der Waals surface area contributed by atoms with E-state index < -0.39 is 11.3 Å². The van der Waals surface area contributed by atoms with Crippen LogP contribution in [0.5, 0.6) is 11.5 Å². The zero-order valence-electron chi connectivity index (χ0n) is 23.4. The smallest absolute Gasteiger partial charge is 0.268 e. The molecule has 1 aliphatic rings. The molecule has 2 aromatic heterocycles. The van der Waals surface area contributed by atoms with Crippen LogP contribution in [0.15, 0.2) is 47.4 Å². The Hall–Kier alpha value is -3.56. The Labute approximate surface area is 235 Å². The molecule has 40 heavy (non-hydrogen) atoms. The molecule has 1 atom stereocenters. The molecule has 4 aromatic rings. The Morgan fingerprint density at radius 2 is 1.80 bits per heavy atom. The van der Waals surface area contributed by atoms with Crippen molar-refractivity contribution < 1.29 is 23.4 Å². The minimum Gasteiger partial charge on any atom is -0.456 e. The lowest BCUT2D eigenvalue weighted by atomic mass is 9.93. The van der Waals surface area contributed by atoms with Gasteiger partial charge in [-0.1, -0.05) is 6.07 Å². The molecule has 0 bridgehead atoms. The number of rotatable bonds is 5. The van der Waals surface area contributed by atoms with Crippen molar-refractivity contribution in [3.05, 3.63) is 80.3 Å². The average Bonchev–Trinajstić information content (AvgIpc) is 3.46. The van der Waals surface area contributed by atoms with E-state index in [4.69, 9.17) is 4.74 Å². The zero-order chi connectivity index (χ0) is 29.1. The van der Waals surface area contributed by atoms with Crippen molar-refractivity contribution in [2.45, 2.75) is 52.3 Å². The number of carbonyl (C=O) groups excluding carboxylic acids is 1. The number of halogens is 2. The summed E-state index contributed by atoms with van der Waals surface area (Å²) >= 11 is 1.09. The van der Waals surface area contributed by atoms with Gasteiger partial charge in [0, 0.05) is 42.7 Å². The van der Waals surface area contributed by atoms with Crippen molar-refractivity contribution in [3.63, 3.8) is 0 Å². The third kappa shape index (κ3) is 5.15. The number of nitrogens with zero attached hydrogens (tertiary/aromatic N) is 2. The number of amides is 1. The molecule has 1 saturated heterocycles. The Kier molecular flexibility index (Phi) is 6.87. The second kappa shape index (κ2) is 9.82. The fourth-order valence-corrected chi connectivity index (χ4v) is 6.31. The van der Waals surface area contributed by atoms with Gasteiger partial charge in [-0.15, -0.1) is 11.3 Å². The number of fused-ring (bicyclic) bond motifs is 1. The molecule has 1 amide bonds. The first-order chi connectivity index (χ1) is 18.6. The number of pyridine rings is 1. The van der Waals surface area contributed by atoms with Crippen molar-refractivity contribution >= 4 is 27.3 Å².